The van der Waals surface area contributed by atoms with Crippen LogP contribution in [0.3, 0.4) is 0 Å². The number of rotatable bonds is 5. The molecule has 3 heterocycles. The number of hydrogen-bond acceptors (Lipinski definition) is 7. The number of fused-ring (bicyclic) bond motifs is 1. The van der Waals surface area contributed by atoms with Gasteiger partial charge < -0.3 is 25.0 Å². The van der Waals surface area contributed by atoms with Gasteiger partial charge in [0.2, 0.25) is 6.79 Å². The van der Waals surface area contributed by atoms with Gasteiger partial charge in [0, 0.05) is 29.9 Å². The minimum atomic E-state index is 0.00641. The zero-order chi connectivity index (χ0) is 22.6. The van der Waals surface area contributed by atoms with Gasteiger partial charge in [-0.3, -0.25) is 10.6 Å². The Hall–Kier alpha value is -1.80. The van der Waals surface area contributed by atoms with E-state index in [1.54, 1.807) is 0 Å². The summed E-state index contributed by atoms with van der Waals surface area (Å²) < 4.78 is 11.7. The Balaban J connectivity index is 1.35. The summed E-state index contributed by atoms with van der Waals surface area (Å²) in [5, 5.41) is 14.8. The Labute approximate surface area is 198 Å². The van der Waals surface area contributed by atoms with E-state index in [4.69, 9.17) is 9.47 Å². The first-order chi connectivity index (χ1) is 16.2. The fourth-order valence-corrected chi connectivity index (χ4v) is 5.92. The fourth-order valence-electron chi connectivity index (χ4n) is 5.92. The second-order valence-corrected chi connectivity index (χ2v) is 10.2. The maximum Gasteiger partial charge on any atom is 0.231 e. The van der Waals surface area contributed by atoms with Crippen LogP contribution < -0.4 is 30.7 Å². The third-order valence-corrected chi connectivity index (χ3v) is 7.82. The summed E-state index contributed by atoms with van der Waals surface area (Å²) in [5.41, 5.74) is 3.59. The van der Waals surface area contributed by atoms with Crippen LogP contribution in [-0.4, -0.2) is 57.4 Å². The highest BCUT2D eigenvalue weighted by Crippen LogP contribution is 2.43. The van der Waals surface area contributed by atoms with E-state index >= 15 is 0 Å². The first-order valence-electron chi connectivity index (χ1n) is 13.0. The molecule has 0 amide bonds. The van der Waals surface area contributed by atoms with Crippen LogP contribution in [0.5, 0.6) is 11.5 Å². The Bertz CT molecular complexity index is 836. The highest BCUT2D eigenvalue weighted by molar-refractivity contribution is 5.77. The van der Waals surface area contributed by atoms with Gasteiger partial charge in [-0.2, -0.15) is 0 Å². The third-order valence-electron chi connectivity index (χ3n) is 7.82. The Kier molecular flexibility index (Phi) is 7.40. The van der Waals surface area contributed by atoms with Gasteiger partial charge in [-0.1, -0.05) is 31.8 Å². The zero-order valence-corrected chi connectivity index (χ0v) is 20.3. The van der Waals surface area contributed by atoms with Crippen molar-refractivity contribution in [2.75, 3.05) is 39.3 Å². The molecule has 1 aliphatic carbocycles. The van der Waals surface area contributed by atoms with Crippen molar-refractivity contribution in [2.24, 2.45) is 5.92 Å². The number of anilines is 1. The quantitative estimate of drug-likeness (QED) is 0.505. The Morgan fingerprint density at radius 2 is 1.88 bits per heavy atom. The van der Waals surface area contributed by atoms with Gasteiger partial charge in [-0.25, -0.2) is 0 Å². The van der Waals surface area contributed by atoms with Crippen molar-refractivity contribution in [3.05, 3.63) is 23.8 Å². The van der Waals surface area contributed by atoms with E-state index in [2.05, 4.69) is 58.5 Å². The molecular weight excluding hydrogens is 414 g/mol. The summed E-state index contributed by atoms with van der Waals surface area (Å²) >= 11 is 0. The second-order valence-electron chi connectivity index (χ2n) is 10.2. The summed E-state index contributed by atoms with van der Waals surface area (Å²) in [7, 11) is 4.24. The van der Waals surface area contributed by atoms with Crippen molar-refractivity contribution in [3.63, 3.8) is 0 Å². The number of ether oxygens (including phenoxy) is 2. The molecule has 4 aliphatic rings. The monoisotopic (exact) mass is 455 g/mol. The third kappa shape index (κ3) is 5.48. The topological polar surface area (TPSA) is 69.8 Å². The largest absolute Gasteiger partial charge is 0.453 e. The number of benzene rings is 1. The lowest BCUT2D eigenvalue weighted by Gasteiger charge is -2.41. The van der Waals surface area contributed by atoms with E-state index in [0.717, 1.165) is 55.5 Å². The van der Waals surface area contributed by atoms with Gasteiger partial charge >= 0.3 is 0 Å². The molecule has 1 aromatic carbocycles. The van der Waals surface area contributed by atoms with E-state index in [9.17, 15) is 0 Å². The molecule has 0 bridgehead atoms. The summed E-state index contributed by atoms with van der Waals surface area (Å²) in [4.78, 5) is 2.37. The van der Waals surface area contributed by atoms with Gasteiger partial charge in [0.1, 0.15) is 6.29 Å². The molecule has 1 saturated carbocycles. The van der Waals surface area contributed by atoms with Crippen LogP contribution in [0.2, 0.25) is 0 Å². The van der Waals surface area contributed by atoms with Crippen molar-refractivity contribution >= 4 is 11.3 Å². The molecule has 1 saturated heterocycles. The van der Waals surface area contributed by atoms with Crippen LogP contribution in [0.4, 0.5) is 5.69 Å². The molecular formula is C26H41N5O2. The smallest absolute Gasteiger partial charge is 0.231 e. The van der Waals surface area contributed by atoms with Crippen molar-refractivity contribution in [1.82, 2.24) is 20.9 Å². The molecule has 0 radical (unpaired) electrons. The maximum absolute atomic E-state index is 5.89. The molecule has 0 aromatic heterocycles. The number of allylic oxidation sites excluding steroid dienone is 1. The van der Waals surface area contributed by atoms with Crippen molar-refractivity contribution in [2.45, 2.75) is 76.3 Å². The average Bonchev–Trinajstić information content (AvgIpc) is 3.00. The van der Waals surface area contributed by atoms with E-state index in [1.165, 1.54) is 49.7 Å². The zero-order valence-electron chi connectivity index (χ0n) is 20.3. The lowest BCUT2D eigenvalue weighted by Crippen LogP contribution is -2.65. The minimum absolute atomic E-state index is 0.00641. The molecule has 1 aromatic rings. The van der Waals surface area contributed by atoms with Crippen LogP contribution in [0.15, 0.2) is 18.2 Å². The molecule has 3 unspecified atom stereocenters. The van der Waals surface area contributed by atoms with Crippen molar-refractivity contribution in [3.8, 4) is 11.5 Å². The second kappa shape index (κ2) is 10.6. The number of hydrogen-bond donors (Lipinski definition) is 4. The first kappa shape index (κ1) is 23.0. The molecule has 7 nitrogen and oxygen atoms in total. The molecule has 182 valence electrons. The van der Waals surface area contributed by atoms with E-state index in [0.29, 0.717) is 19.0 Å². The molecule has 0 spiro atoms. The predicted molar refractivity (Wildman–Crippen MR) is 133 cm³/mol. The molecule has 3 atom stereocenters. The van der Waals surface area contributed by atoms with E-state index in [-0.39, 0.29) is 6.29 Å². The Morgan fingerprint density at radius 3 is 2.70 bits per heavy atom. The summed E-state index contributed by atoms with van der Waals surface area (Å²) in [6, 6.07) is 4.85. The SMILES string of the molecule is CNC1CC(C2CCCCCC2)NC(Nc2cc3c(c(C4=CCN(C)CCC4)c2)OCO3)N1. The van der Waals surface area contributed by atoms with Gasteiger partial charge in [-0.15, -0.1) is 0 Å². The van der Waals surface area contributed by atoms with Gasteiger partial charge in [-0.05, 0) is 70.3 Å². The summed E-state index contributed by atoms with van der Waals surface area (Å²) in [5.74, 6) is 2.50. The molecule has 3 aliphatic heterocycles. The minimum Gasteiger partial charge on any atom is -0.453 e. The van der Waals surface area contributed by atoms with Gasteiger partial charge in [0.05, 0.1) is 6.17 Å². The van der Waals surface area contributed by atoms with Crippen LogP contribution >= 0.6 is 0 Å². The average molecular weight is 456 g/mol. The standard InChI is InChI=1S/C26H41N5O2/c1-27-24-16-22(19-8-5-3-4-6-9-19)29-26(30-24)28-20-14-21(25-23(15-20)32-17-33-25)18-10-7-12-31(2)13-11-18/h11,14-15,19,22,24,26-30H,3-10,12-13,16-17H2,1-2H3. The van der Waals surface area contributed by atoms with Crippen LogP contribution in [0.25, 0.3) is 5.57 Å². The molecule has 2 fully saturated rings. The van der Waals surface area contributed by atoms with Crippen LogP contribution in [0.1, 0.15) is 63.4 Å². The van der Waals surface area contributed by atoms with Gasteiger partial charge in [0.25, 0.3) is 0 Å². The summed E-state index contributed by atoms with van der Waals surface area (Å²) in [6.07, 6.45) is 14.2. The van der Waals surface area contributed by atoms with Crippen LogP contribution in [0, 0.1) is 5.92 Å². The van der Waals surface area contributed by atoms with Crippen LogP contribution in [-0.2, 0) is 0 Å². The number of likely N-dealkylation sites (N-methyl/N-ethyl adjacent to an activating group) is 1. The van der Waals surface area contributed by atoms with E-state index in [1.807, 2.05) is 0 Å². The predicted octanol–water partition coefficient (Wildman–Crippen LogP) is 3.69. The molecule has 5 rings (SSSR count). The number of nitrogens with zero attached hydrogens (tertiary/aromatic N) is 1. The number of nitrogens with one attached hydrogen (secondary N) is 4. The highest BCUT2D eigenvalue weighted by atomic mass is 16.7. The van der Waals surface area contributed by atoms with Crippen molar-refractivity contribution < 1.29 is 9.47 Å². The lowest BCUT2D eigenvalue weighted by atomic mass is 9.88. The lowest BCUT2D eigenvalue weighted by molar-refractivity contribution is 0.173. The highest BCUT2D eigenvalue weighted by Gasteiger charge is 2.32. The Morgan fingerprint density at radius 1 is 1.03 bits per heavy atom. The maximum atomic E-state index is 5.89. The molecule has 7 heteroatoms. The van der Waals surface area contributed by atoms with Crippen molar-refractivity contribution in [1.29, 1.82) is 0 Å². The normalized spacial score (nSPS) is 29.3. The fraction of sp³-hybridized carbons (Fsp3) is 0.692. The van der Waals surface area contributed by atoms with Gasteiger partial charge in [0.15, 0.2) is 11.5 Å². The molecule has 4 N–H and O–H groups in total. The summed E-state index contributed by atoms with van der Waals surface area (Å²) in [6.45, 7) is 2.40. The molecule has 33 heavy (non-hydrogen) atoms. The van der Waals surface area contributed by atoms with E-state index < -0.39 is 0 Å². The first-order valence-corrected chi connectivity index (χ1v) is 13.0.